The van der Waals surface area contributed by atoms with E-state index in [-0.39, 0.29) is 24.8 Å². The minimum atomic E-state index is -0.683. The van der Waals surface area contributed by atoms with Gasteiger partial charge in [-0.1, -0.05) is 66.7 Å². The number of hydrogen-bond donors (Lipinski definition) is 1. The van der Waals surface area contributed by atoms with E-state index < -0.39 is 6.10 Å². The summed E-state index contributed by atoms with van der Waals surface area (Å²) in [5, 5.41) is 2.82. The molecule has 0 fully saturated rings. The number of ether oxygens (including phenoxy) is 3. The summed E-state index contributed by atoms with van der Waals surface area (Å²) in [6.45, 7) is 0.116. The number of carbonyl (C=O) groups is 2. The van der Waals surface area contributed by atoms with Gasteiger partial charge in [0.05, 0.1) is 20.8 Å². The number of rotatable bonds is 11. The van der Waals surface area contributed by atoms with E-state index in [9.17, 15) is 9.59 Å². The fourth-order valence-corrected chi connectivity index (χ4v) is 3.38. The normalized spacial score (nSPS) is 11.6. The molecule has 0 radical (unpaired) electrons. The van der Waals surface area contributed by atoms with E-state index in [0.29, 0.717) is 23.5 Å². The van der Waals surface area contributed by atoms with Crippen LogP contribution in [0.3, 0.4) is 0 Å². The Kier molecular flexibility index (Phi) is 9.29. The van der Waals surface area contributed by atoms with Gasteiger partial charge in [0.15, 0.2) is 11.5 Å². The van der Waals surface area contributed by atoms with Gasteiger partial charge in [0.25, 0.3) is 0 Å². The van der Waals surface area contributed by atoms with Crippen molar-refractivity contribution in [2.24, 2.45) is 0 Å². The largest absolute Gasteiger partial charge is 0.493 e. The number of methoxy groups -OCH3 is 2. The van der Waals surface area contributed by atoms with Crippen molar-refractivity contribution < 1.29 is 23.8 Å². The Labute approximate surface area is 200 Å². The molecular formula is C28H29NO5. The van der Waals surface area contributed by atoms with Crippen molar-refractivity contribution in [1.29, 1.82) is 0 Å². The van der Waals surface area contributed by atoms with E-state index >= 15 is 0 Å². The van der Waals surface area contributed by atoms with Crippen molar-refractivity contribution in [3.05, 3.63) is 102 Å². The molecule has 6 nitrogen and oxygen atoms in total. The lowest BCUT2D eigenvalue weighted by Gasteiger charge is -2.20. The lowest BCUT2D eigenvalue weighted by atomic mass is 10.1. The van der Waals surface area contributed by atoms with Crippen molar-refractivity contribution in [2.45, 2.75) is 18.9 Å². The molecule has 6 heteroatoms. The van der Waals surface area contributed by atoms with Gasteiger partial charge in [0, 0.05) is 12.5 Å². The van der Waals surface area contributed by atoms with Gasteiger partial charge in [-0.3, -0.25) is 9.59 Å². The van der Waals surface area contributed by atoms with Gasteiger partial charge in [-0.2, -0.15) is 0 Å². The molecule has 0 aliphatic heterocycles. The van der Waals surface area contributed by atoms with Gasteiger partial charge in [-0.25, -0.2) is 0 Å². The van der Waals surface area contributed by atoms with Crippen LogP contribution in [0.4, 0.5) is 0 Å². The van der Waals surface area contributed by atoms with Gasteiger partial charge in [-0.05, 0) is 41.3 Å². The van der Waals surface area contributed by atoms with Crippen LogP contribution in [0.5, 0.6) is 11.5 Å². The molecule has 0 aliphatic carbocycles. The number of aryl methyl sites for hydroxylation is 1. The quantitative estimate of drug-likeness (QED) is 0.331. The predicted molar refractivity (Wildman–Crippen MR) is 132 cm³/mol. The number of amides is 1. The van der Waals surface area contributed by atoms with Crippen LogP contribution in [-0.2, 0) is 20.7 Å². The van der Waals surface area contributed by atoms with Gasteiger partial charge in [0.2, 0.25) is 5.91 Å². The van der Waals surface area contributed by atoms with Crippen molar-refractivity contribution in [1.82, 2.24) is 5.32 Å². The summed E-state index contributed by atoms with van der Waals surface area (Å²) >= 11 is 0. The zero-order valence-electron chi connectivity index (χ0n) is 19.4. The molecule has 0 aromatic heterocycles. The Balaban J connectivity index is 1.68. The lowest BCUT2D eigenvalue weighted by Crippen LogP contribution is -2.29. The highest BCUT2D eigenvalue weighted by Gasteiger charge is 2.19. The van der Waals surface area contributed by atoms with Crippen LogP contribution in [-0.4, -0.2) is 32.6 Å². The van der Waals surface area contributed by atoms with E-state index in [1.54, 1.807) is 38.5 Å². The monoisotopic (exact) mass is 459 g/mol. The number of esters is 1. The Morgan fingerprint density at radius 2 is 1.56 bits per heavy atom. The van der Waals surface area contributed by atoms with Crippen LogP contribution in [0.25, 0.3) is 6.08 Å². The molecule has 3 aromatic rings. The van der Waals surface area contributed by atoms with E-state index in [4.69, 9.17) is 14.2 Å². The fourth-order valence-electron chi connectivity index (χ4n) is 3.38. The summed E-state index contributed by atoms with van der Waals surface area (Å²) in [6.07, 6.45) is 3.31. The first-order valence-electron chi connectivity index (χ1n) is 11.1. The van der Waals surface area contributed by atoms with Crippen LogP contribution in [0.15, 0.2) is 84.9 Å². The maximum absolute atomic E-state index is 12.6. The van der Waals surface area contributed by atoms with Gasteiger partial charge in [-0.15, -0.1) is 0 Å². The van der Waals surface area contributed by atoms with E-state index in [1.807, 2.05) is 60.7 Å². The molecule has 1 N–H and O–H groups in total. The van der Waals surface area contributed by atoms with E-state index in [1.165, 1.54) is 6.08 Å². The SMILES string of the molecule is COc1ccc(C(CNC(=O)/C=C/c2ccccc2)OC(=O)CCc2ccccc2)cc1OC. The second kappa shape index (κ2) is 12.8. The molecule has 1 atom stereocenters. The molecule has 0 spiro atoms. The van der Waals surface area contributed by atoms with Crippen LogP contribution >= 0.6 is 0 Å². The third kappa shape index (κ3) is 7.52. The van der Waals surface area contributed by atoms with Gasteiger partial charge < -0.3 is 19.5 Å². The molecule has 176 valence electrons. The molecule has 1 unspecified atom stereocenters. The molecule has 3 aromatic carbocycles. The topological polar surface area (TPSA) is 73.9 Å². The summed E-state index contributed by atoms with van der Waals surface area (Å²) in [4.78, 5) is 25.0. The average molecular weight is 460 g/mol. The van der Waals surface area contributed by atoms with Crippen molar-refractivity contribution in [3.8, 4) is 11.5 Å². The lowest BCUT2D eigenvalue weighted by molar-refractivity contribution is -0.149. The number of nitrogens with one attached hydrogen (secondary N) is 1. The Morgan fingerprint density at radius 3 is 2.24 bits per heavy atom. The minimum Gasteiger partial charge on any atom is -0.493 e. The second-order valence-electron chi connectivity index (χ2n) is 7.57. The summed E-state index contributed by atoms with van der Waals surface area (Å²) in [5.74, 6) is 0.447. The van der Waals surface area contributed by atoms with Gasteiger partial charge >= 0.3 is 5.97 Å². The summed E-state index contributed by atoms with van der Waals surface area (Å²) in [6, 6.07) is 24.6. The number of benzene rings is 3. The summed E-state index contributed by atoms with van der Waals surface area (Å²) in [5.41, 5.74) is 2.67. The first-order valence-corrected chi connectivity index (χ1v) is 11.1. The molecule has 34 heavy (non-hydrogen) atoms. The van der Waals surface area contributed by atoms with Crippen molar-refractivity contribution in [3.63, 3.8) is 0 Å². The molecular weight excluding hydrogens is 430 g/mol. The average Bonchev–Trinajstić information content (AvgIpc) is 2.89. The molecule has 0 saturated heterocycles. The highest BCUT2D eigenvalue weighted by atomic mass is 16.5. The summed E-state index contributed by atoms with van der Waals surface area (Å²) < 4.78 is 16.5. The van der Waals surface area contributed by atoms with Crippen molar-refractivity contribution in [2.75, 3.05) is 20.8 Å². The Morgan fingerprint density at radius 1 is 0.882 bits per heavy atom. The first kappa shape index (κ1) is 24.6. The third-order valence-corrected chi connectivity index (χ3v) is 5.20. The van der Waals surface area contributed by atoms with Crippen LogP contribution in [0.1, 0.15) is 29.2 Å². The van der Waals surface area contributed by atoms with Crippen molar-refractivity contribution >= 4 is 18.0 Å². The predicted octanol–water partition coefficient (Wildman–Crippen LogP) is 4.75. The summed E-state index contributed by atoms with van der Waals surface area (Å²) in [7, 11) is 3.09. The number of carbonyl (C=O) groups excluding carboxylic acids is 2. The maximum Gasteiger partial charge on any atom is 0.306 e. The van der Waals surface area contributed by atoms with Gasteiger partial charge in [0.1, 0.15) is 6.10 Å². The standard InChI is InChI=1S/C28H29NO5/c1-32-24-16-15-23(19-25(24)33-2)26(34-28(31)18-14-22-11-7-4-8-12-22)20-29-27(30)17-13-21-9-5-3-6-10-21/h3-13,15-17,19,26H,14,18,20H2,1-2H3,(H,29,30)/b17-13+. The zero-order valence-corrected chi connectivity index (χ0v) is 19.4. The fraction of sp³-hybridized carbons (Fsp3) is 0.214. The van der Waals surface area contributed by atoms with Crippen LogP contribution < -0.4 is 14.8 Å². The smallest absolute Gasteiger partial charge is 0.306 e. The molecule has 0 bridgehead atoms. The minimum absolute atomic E-state index is 0.116. The van der Waals surface area contributed by atoms with E-state index in [0.717, 1.165) is 11.1 Å². The first-order chi connectivity index (χ1) is 16.6. The molecule has 3 rings (SSSR count). The molecule has 0 heterocycles. The molecule has 0 aliphatic rings. The maximum atomic E-state index is 12.6. The Bertz CT molecular complexity index is 1100. The van der Waals surface area contributed by atoms with Crippen LogP contribution in [0, 0.1) is 0 Å². The molecule has 1 amide bonds. The number of hydrogen-bond acceptors (Lipinski definition) is 5. The second-order valence-corrected chi connectivity index (χ2v) is 7.57. The Hall–Kier alpha value is -4.06. The highest BCUT2D eigenvalue weighted by Crippen LogP contribution is 2.31. The van der Waals surface area contributed by atoms with Crippen LogP contribution in [0.2, 0.25) is 0 Å². The zero-order chi connectivity index (χ0) is 24.2. The van der Waals surface area contributed by atoms with E-state index in [2.05, 4.69) is 5.32 Å². The third-order valence-electron chi connectivity index (χ3n) is 5.20. The molecule has 0 saturated carbocycles. The highest BCUT2D eigenvalue weighted by molar-refractivity contribution is 5.91.